The first-order chi connectivity index (χ1) is 47.0. The van der Waals surface area contributed by atoms with Crippen LogP contribution in [0.3, 0.4) is 0 Å². The molecule has 8 N–H and O–H groups in total. The van der Waals surface area contributed by atoms with Gasteiger partial charge in [0.15, 0.2) is 0 Å². The number of aromatic amines is 3. The Balaban J connectivity index is 0.000000130. The number of carbonyl (C=O) groups is 3. The molecule has 0 radical (unpaired) electrons. The highest BCUT2D eigenvalue weighted by atomic mass is 35.5. The number of nitrogens with two attached hydrogens (primary N) is 1. The second-order valence-corrected chi connectivity index (χ2v) is 24.5. The van der Waals surface area contributed by atoms with Crippen molar-refractivity contribution in [3.63, 3.8) is 0 Å². The van der Waals surface area contributed by atoms with Gasteiger partial charge in [0.25, 0.3) is 11.8 Å². The van der Waals surface area contributed by atoms with Crippen molar-refractivity contribution in [2.24, 2.45) is 5.73 Å². The highest BCUT2D eigenvalue weighted by Gasteiger charge is 2.14. The first-order valence-electron chi connectivity index (χ1n) is 30.8. The van der Waals surface area contributed by atoms with Crippen LogP contribution in [0.4, 0.5) is 0 Å². The van der Waals surface area contributed by atoms with Crippen LogP contribution in [-0.2, 0) is 38.9 Å². The Labute approximate surface area is 571 Å². The number of rotatable bonds is 14. The average Bonchev–Trinajstić information content (AvgIpc) is 1.63. The van der Waals surface area contributed by atoms with Crippen molar-refractivity contribution in [1.29, 1.82) is 0 Å². The molecule has 97 heavy (non-hydrogen) atoms. The lowest BCUT2D eigenvalue weighted by Crippen LogP contribution is -2.23. The Morgan fingerprint density at radius 1 is 0.392 bits per heavy atom. The van der Waals surface area contributed by atoms with E-state index in [1.807, 2.05) is 142 Å². The number of fused-ring (bicyclic) bond motifs is 6. The maximum atomic E-state index is 12.7. The Morgan fingerprint density at radius 3 is 1.07 bits per heavy atom. The third-order valence-corrected chi connectivity index (χ3v) is 16.7. The molecule has 0 bridgehead atoms. The van der Waals surface area contributed by atoms with Crippen LogP contribution in [0.5, 0.6) is 0 Å². The third-order valence-electron chi connectivity index (χ3n) is 16.1. The Morgan fingerprint density at radius 2 is 0.711 bits per heavy atom. The molecule has 0 saturated carbocycles. The SMILES string of the molecule is Cc1[nH]nc2ccc(CN)cc12.Cc1[nH]nc2ccc(CNC(=O)c3ccnc(Cc4ccc5ncc(Cl)cc5c4)c3)cc12.Cc1[nH]nc2ccc(CNC(=O)c3ccnc(Cc4ccc5ncc(Cl)cc5c4)c3)cc12.O=C(O)c1ccnc(Cc2ccc3ncc(Cl)cc3c2)c1. The lowest BCUT2D eigenvalue weighted by Gasteiger charge is -2.08. The van der Waals surface area contributed by atoms with Crippen molar-refractivity contribution in [2.45, 2.75) is 59.7 Å². The minimum absolute atomic E-state index is 0.132. The number of carboxylic acids is 1. The molecule has 0 aliphatic heterocycles. The smallest absolute Gasteiger partial charge is 0.335 e. The highest BCUT2D eigenvalue weighted by Crippen LogP contribution is 2.25. The monoisotopic (exact) mass is 1340 g/mol. The summed E-state index contributed by atoms with van der Waals surface area (Å²) in [6, 6.07) is 51.8. The number of halogens is 3. The maximum Gasteiger partial charge on any atom is 0.335 e. The van der Waals surface area contributed by atoms with Gasteiger partial charge in [0.1, 0.15) is 0 Å². The number of pyridine rings is 6. The predicted octanol–water partition coefficient (Wildman–Crippen LogP) is 14.9. The van der Waals surface area contributed by atoms with Crippen LogP contribution in [0.25, 0.3) is 65.4 Å². The number of nitrogens with zero attached hydrogens (tertiary/aromatic N) is 9. The quantitative estimate of drug-likeness (QED) is 0.0533. The first-order valence-corrected chi connectivity index (χ1v) is 31.9. The number of aryl methyl sites for hydroxylation is 3. The highest BCUT2D eigenvalue weighted by molar-refractivity contribution is 6.31. The van der Waals surface area contributed by atoms with Crippen LogP contribution in [0, 0.1) is 20.8 Å². The number of amides is 2. The van der Waals surface area contributed by atoms with E-state index in [4.69, 9.17) is 45.6 Å². The van der Waals surface area contributed by atoms with E-state index in [2.05, 4.69) is 89.3 Å². The number of nitrogens with one attached hydrogen (secondary N) is 5. The molecule has 22 heteroatoms. The van der Waals surface area contributed by atoms with Crippen molar-refractivity contribution < 1.29 is 19.5 Å². The molecule has 6 aromatic carbocycles. The van der Waals surface area contributed by atoms with Crippen LogP contribution in [0.15, 0.2) is 201 Å². The fourth-order valence-electron chi connectivity index (χ4n) is 11.0. The number of H-pyrrole nitrogens is 3. The van der Waals surface area contributed by atoms with Gasteiger partial charge in [-0.05, 0) is 182 Å². The standard InChI is InChI=1S/2C25H20ClN5O.C16H11ClN2O2.C9H11N3/c2*1-15-22-10-17(3-5-24(22)31-30-15)13-29-25(32)18-6-7-27-21(12-18)9-16-2-4-23-19(8-16)11-20(26)14-28-23;17-13-7-12-5-10(1-2-15(12)19-9-13)6-14-8-11(16(20)21)3-4-18-14;1-6-8-4-7(5-10)2-3-9(8)12-11-6/h2*2-8,10-12,14H,9,13H2,1H3,(H,29,32)(H,30,31);1-5,7-9H,6H2,(H,20,21);2-4H,5,10H2,1H3,(H,11,12). The van der Waals surface area contributed by atoms with E-state index >= 15 is 0 Å². The van der Waals surface area contributed by atoms with E-state index in [-0.39, 0.29) is 17.4 Å². The van der Waals surface area contributed by atoms with Gasteiger partial charge < -0.3 is 21.5 Å². The van der Waals surface area contributed by atoms with Gasteiger partial charge in [0.2, 0.25) is 0 Å². The summed E-state index contributed by atoms with van der Waals surface area (Å²) in [6.07, 6.45) is 11.5. The largest absolute Gasteiger partial charge is 0.478 e. The van der Waals surface area contributed by atoms with Gasteiger partial charge in [-0.25, -0.2) is 4.79 Å². The second kappa shape index (κ2) is 29.9. The number of aromatic nitrogens is 12. The van der Waals surface area contributed by atoms with Gasteiger partial charge in [-0.15, -0.1) is 0 Å². The molecular formula is C75H62Cl3N15O4. The molecule has 482 valence electrons. The topological polar surface area (TPSA) is 285 Å². The van der Waals surface area contributed by atoms with E-state index in [1.165, 1.54) is 12.3 Å². The molecule has 0 unspecified atom stereocenters. The molecule has 0 aliphatic carbocycles. The Bertz CT molecular complexity index is 5200. The lowest BCUT2D eigenvalue weighted by atomic mass is 10.0. The molecule has 0 aliphatic rings. The fraction of sp³-hybridized carbons (Fsp3) is 0.120. The number of benzene rings is 6. The van der Waals surface area contributed by atoms with Crippen LogP contribution >= 0.6 is 34.8 Å². The van der Waals surface area contributed by atoms with Gasteiger partial charge in [-0.2, -0.15) is 15.3 Å². The molecule has 0 spiro atoms. The molecule has 9 aromatic heterocycles. The number of aromatic carboxylic acids is 1. The zero-order valence-corrected chi connectivity index (χ0v) is 55.0. The van der Waals surface area contributed by atoms with Crippen LogP contribution in [0.2, 0.25) is 15.1 Å². The molecule has 2 amide bonds. The van der Waals surface area contributed by atoms with Gasteiger partial charge in [0, 0.05) is 154 Å². The van der Waals surface area contributed by atoms with Crippen LogP contribution in [0.1, 0.15) is 98.6 Å². The predicted molar refractivity (Wildman–Crippen MR) is 381 cm³/mol. The van der Waals surface area contributed by atoms with Crippen LogP contribution in [-0.4, -0.2) is 83.4 Å². The first kappa shape index (κ1) is 65.7. The summed E-state index contributed by atoms with van der Waals surface area (Å²) < 4.78 is 0. The normalized spacial score (nSPS) is 11.0. The number of carboxylic acid groups (broad SMARTS) is 1. The number of hydrogen-bond donors (Lipinski definition) is 7. The summed E-state index contributed by atoms with van der Waals surface area (Å²) in [7, 11) is 0. The molecule has 19 nitrogen and oxygen atoms in total. The second-order valence-electron chi connectivity index (χ2n) is 23.2. The fourth-order valence-corrected chi connectivity index (χ4v) is 11.5. The molecule has 0 atom stereocenters. The Kier molecular flexibility index (Phi) is 20.3. The van der Waals surface area contributed by atoms with E-state index in [0.717, 1.165) is 127 Å². The minimum atomic E-state index is -0.951. The van der Waals surface area contributed by atoms with Crippen LogP contribution < -0.4 is 16.4 Å². The van der Waals surface area contributed by atoms with Crippen molar-refractivity contribution in [2.75, 3.05) is 0 Å². The third kappa shape index (κ3) is 16.6. The summed E-state index contributed by atoms with van der Waals surface area (Å²) in [4.78, 5) is 62.4. The van der Waals surface area contributed by atoms with Gasteiger partial charge >= 0.3 is 5.97 Å². The molecule has 15 rings (SSSR count). The van der Waals surface area contributed by atoms with Gasteiger partial charge in [0.05, 0.1) is 53.7 Å². The maximum absolute atomic E-state index is 12.7. The summed E-state index contributed by atoms with van der Waals surface area (Å²) in [5.41, 5.74) is 24.3. The van der Waals surface area contributed by atoms with E-state index in [1.54, 1.807) is 49.2 Å². The summed E-state index contributed by atoms with van der Waals surface area (Å²) in [5.74, 6) is -1.22. The average molecular weight is 1340 g/mol. The molecular weight excluding hydrogens is 1280 g/mol. The lowest BCUT2D eigenvalue weighted by molar-refractivity contribution is 0.0696. The van der Waals surface area contributed by atoms with Crippen molar-refractivity contribution in [1.82, 2.24) is 71.1 Å². The van der Waals surface area contributed by atoms with Crippen molar-refractivity contribution >= 4 is 118 Å². The Hall–Kier alpha value is -11.4. The molecule has 0 fully saturated rings. The molecule has 0 saturated heterocycles. The minimum Gasteiger partial charge on any atom is -0.478 e. The molecule has 9 heterocycles. The van der Waals surface area contributed by atoms with Gasteiger partial charge in [-0.1, -0.05) is 71.2 Å². The van der Waals surface area contributed by atoms with E-state index < -0.39 is 5.97 Å². The van der Waals surface area contributed by atoms with Crippen molar-refractivity contribution in [3.8, 4) is 0 Å². The zero-order chi connectivity index (χ0) is 67.5. The summed E-state index contributed by atoms with van der Waals surface area (Å²) in [5, 5.41) is 44.5. The number of hydrogen-bond acceptors (Lipinski definition) is 13. The van der Waals surface area contributed by atoms with E-state index in [0.29, 0.717) is 70.8 Å². The van der Waals surface area contributed by atoms with Gasteiger partial charge in [-0.3, -0.25) is 54.8 Å². The number of carbonyl (C=O) groups excluding carboxylic acids is 2. The molecule has 15 aromatic rings. The summed E-state index contributed by atoms with van der Waals surface area (Å²) in [6.45, 7) is 7.44. The van der Waals surface area contributed by atoms with Crippen molar-refractivity contribution in [3.05, 3.63) is 300 Å². The van der Waals surface area contributed by atoms with E-state index in [9.17, 15) is 14.4 Å². The summed E-state index contributed by atoms with van der Waals surface area (Å²) >= 11 is 18.1. The zero-order valence-electron chi connectivity index (χ0n) is 52.7.